The molecule has 2 atom stereocenters. The summed E-state index contributed by atoms with van der Waals surface area (Å²) >= 11 is 0. The topological polar surface area (TPSA) is 71.1 Å². The molecule has 2 amide bonds. The molecule has 4 rings (SSSR count). The molecule has 1 saturated carbocycles. The summed E-state index contributed by atoms with van der Waals surface area (Å²) in [5.74, 6) is 1.43. The molecule has 1 aliphatic carbocycles. The van der Waals surface area contributed by atoms with Crippen molar-refractivity contribution in [2.24, 2.45) is 0 Å². The van der Waals surface area contributed by atoms with E-state index >= 15 is 0 Å². The van der Waals surface area contributed by atoms with Gasteiger partial charge in [-0.05, 0) is 43.4 Å². The van der Waals surface area contributed by atoms with E-state index in [1.807, 2.05) is 23.1 Å². The van der Waals surface area contributed by atoms with Crippen LogP contribution in [0.15, 0.2) is 18.2 Å². The number of benzene rings is 1. The van der Waals surface area contributed by atoms with Crippen LogP contribution < -0.4 is 14.8 Å². The van der Waals surface area contributed by atoms with Crippen LogP contribution in [0.4, 0.5) is 0 Å². The molecule has 1 N–H and O–H groups in total. The van der Waals surface area contributed by atoms with E-state index in [1.54, 1.807) is 14.2 Å². The zero-order valence-corrected chi connectivity index (χ0v) is 18.1. The lowest BCUT2D eigenvalue weighted by atomic mass is 10.0. The Balaban J connectivity index is 1.49. The molecule has 7 nitrogen and oxygen atoms in total. The van der Waals surface area contributed by atoms with Gasteiger partial charge in [0.2, 0.25) is 11.8 Å². The first-order valence-electron chi connectivity index (χ1n) is 11.2. The Kier molecular flexibility index (Phi) is 6.46. The number of rotatable bonds is 6. The molecule has 0 bridgehead atoms. The van der Waals surface area contributed by atoms with Crippen LogP contribution >= 0.6 is 0 Å². The summed E-state index contributed by atoms with van der Waals surface area (Å²) in [6.07, 6.45) is 6.85. The third-order valence-electron chi connectivity index (χ3n) is 6.90. The number of ether oxygens (including phenoxy) is 2. The first-order chi connectivity index (χ1) is 14.6. The number of nitrogens with zero attached hydrogens (tertiary/aromatic N) is 2. The Morgan fingerprint density at radius 2 is 1.83 bits per heavy atom. The van der Waals surface area contributed by atoms with Gasteiger partial charge in [-0.15, -0.1) is 0 Å². The molecular weight excluding hydrogens is 382 g/mol. The van der Waals surface area contributed by atoms with Gasteiger partial charge in [-0.2, -0.15) is 0 Å². The van der Waals surface area contributed by atoms with Crippen molar-refractivity contribution in [3.8, 4) is 11.5 Å². The van der Waals surface area contributed by atoms with E-state index in [-0.39, 0.29) is 30.3 Å². The molecular formula is C23H33N3O4. The molecule has 2 aliphatic heterocycles. The van der Waals surface area contributed by atoms with Crippen molar-refractivity contribution in [3.05, 3.63) is 23.8 Å². The Bertz CT molecular complexity index is 778. The average Bonchev–Trinajstić information content (AvgIpc) is 3.47. The van der Waals surface area contributed by atoms with Crippen LogP contribution in [0, 0.1) is 0 Å². The van der Waals surface area contributed by atoms with Crippen LogP contribution in [0.3, 0.4) is 0 Å². The van der Waals surface area contributed by atoms with Gasteiger partial charge in [0.25, 0.3) is 0 Å². The fourth-order valence-electron chi connectivity index (χ4n) is 5.37. The molecule has 1 aromatic rings. The highest BCUT2D eigenvalue weighted by Crippen LogP contribution is 2.37. The number of carbonyl (C=O) groups is 2. The van der Waals surface area contributed by atoms with Gasteiger partial charge in [0.15, 0.2) is 11.5 Å². The van der Waals surface area contributed by atoms with Gasteiger partial charge < -0.3 is 19.7 Å². The van der Waals surface area contributed by atoms with Crippen LogP contribution in [0.5, 0.6) is 11.5 Å². The van der Waals surface area contributed by atoms with Crippen molar-refractivity contribution in [3.63, 3.8) is 0 Å². The van der Waals surface area contributed by atoms with E-state index in [0.717, 1.165) is 44.3 Å². The fraction of sp³-hybridized carbons (Fsp3) is 0.652. The second-order valence-corrected chi connectivity index (χ2v) is 8.55. The second kappa shape index (κ2) is 9.25. The van der Waals surface area contributed by atoms with E-state index in [4.69, 9.17) is 9.47 Å². The predicted molar refractivity (Wildman–Crippen MR) is 114 cm³/mol. The summed E-state index contributed by atoms with van der Waals surface area (Å²) in [6, 6.07) is 5.98. The molecule has 30 heavy (non-hydrogen) atoms. The van der Waals surface area contributed by atoms with E-state index in [9.17, 15) is 9.59 Å². The number of carbonyl (C=O) groups excluding carboxylic acids is 2. The zero-order chi connectivity index (χ0) is 21.1. The summed E-state index contributed by atoms with van der Waals surface area (Å²) in [5, 5.41) is 2.97. The van der Waals surface area contributed by atoms with Crippen molar-refractivity contribution >= 4 is 11.8 Å². The van der Waals surface area contributed by atoms with Crippen molar-refractivity contribution < 1.29 is 19.1 Å². The standard InChI is InChI=1S/C23H33N3O4/c1-29-20-10-9-16(14-21(20)30-2)18-8-5-12-26(18)22(27)15-19-23(28)24-11-13-25(19)17-6-3-4-7-17/h9-10,14,17-19H,3-8,11-13,15H2,1-2H3,(H,24,28). The quantitative estimate of drug-likeness (QED) is 0.773. The van der Waals surface area contributed by atoms with E-state index < -0.39 is 0 Å². The minimum atomic E-state index is -0.346. The summed E-state index contributed by atoms with van der Waals surface area (Å²) < 4.78 is 10.8. The average molecular weight is 416 g/mol. The molecule has 1 aromatic carbocycles. The number of likely N-dealkylation sites (tertiary alicyclic amines) is 1. The number of amides is 2. The van der Waals surface area contributed by atoms with Crippen molar-refractivity contribution in [2.45, 2.75) is 63.1 Å². The maximum Gasteiger partial charge on any atom is 0.237 e. The van der Waals surface area contributed by atoms with Crippen molar-refractivity contribution in [1.29, 1.82) is 0 Å². The molecule has 0 spiro atoms. The number of nitrogens with one attached hydrogen (secondary N) is 1. The van der Waals surface area contributed by atoms with Gasteiger partial charge in [-0.3, -0.25) is 14.5 Å². The SMILES string of the molecule is COc1ccc(C2CCCN2C(=O)CC2C(=O)NCCN2C2CCCC2)cc1OC. The van der Waals surface area contributed by atoms with Crippen LogP contribution in [0.1, 0.15) is 56.6 Å². The minimum absolute atomic E-state index is 0.00311. The van der Waals surface area contributed by atoms with Gasteiger partial charge in [0.05, 0.1) is 32.7 Å². The lowest BCUT2D eigenvalue weighted by Crippen LogP contribution is -2.59. The highest BCUT2D eigenvalue weighted by atomic mass is 16.5. The number of hydrogen-bond acceptors (Lipinski definition) is 5. The van der Waals surface area contributed by atoms with Crippen LogP contribution in [-0.2, 0) is 9.59 Å². The Labute approximate surface area is 178 Å². The highest BCUT2D eigenvalue weighted by Gasteiger charge is 2.39. The molecule has 164 valence electrons. The van der Waals surface area contributed by atoms with Gasteiger partial charge in [0.1, 0.15) is 0 Å². The van der Waals surface area contributed by atoms with Gasteiger partial charge in [-0.1, -0.05) is 18.9 Å². The van der Waals surface area contributed by atoms with Gasteiger partial charge >= 0.3 is 0 Å². The molecule has 2 heterocycles. The van der Waals surface area contributed by atoms with Gasteiger partial charge in [0, 0.05) is 25.7 Å². The smallest absolute Gasteiger partial charge is 0.237 e. The highest BCUT2D eigenvalue weighted by molar-refractivity contribution is 5.89. The largest absolute Gasteiger partial charge is 0.493 e. The summed E-state index contributed by atoms with van der Waals surface area (Å²) in [6.45, 7) is 2.25. The van der Waals surface area contributed by atoms with E-state index in [0.29, 0.717) is 24.1 Å². The molecule has 2 saturated heterocycles. The minimum Gasteiger partial charge on any atom is -0.493 e. The molecule has 2 unspecified atom stereocenters. The van der Waals surface area contributed by atoms with Crippen LogP contribution in [-0.4, -0.2) is 67.6 Å². The zero-order valence-electron chi connectivity index (χ0n) is 18.1. The number of piperazine rings is 1. The second-order valence-electron chi connectivity index (χ2n) is 8.55. The first kappa shape index (κ1) is 21.0. The monoisotopic (exact) mass is 415 g/mol. The van der Waals surface area contributed by atoms with Crippen molar-refractivity contribution in [2.75, 3.05) is 33.9 Å². The predicted octanol–water partition coefficient (Wildman–Crippen LogP) is 2.50. The Hall–Kier alpha value is -2.28. The van der Waals surface area contributed by atoms with Gasteiger partial charge in [-0.25, -0.2) is 0 Å². The molecule has 7 heteroatoms. The Morgan fingerprint density at radius 3 is 2.57 bits per heavy atom. The number of methoxy groups -OCH3 is 2. The molecule has 3 aliphatic rings. The molecule has 0 radical (unpaired) electrons. The Morgan fingerprint density at radius 1 is 1.07 bits per heavy atom. The first-order valence-corrected chi connectivity index (χ1v) is 11.2. The van der Waals surface area contributed by atoms with Crippen molar-refractivity contribution in [1.82, 2.24) is 15.1 Å². The molecule has 3 fully saturated rings. The third-order valence-corrected chi connectivity index (χ3v) is 6.90. The third kappa shape index (κ3) is 4.13. The maximum atomic E-state index is 13.3. The summed E-state index contributed by atoms with van der Waals surface area (Å²) in [4.78, 5) is 30.3. The van der Waals surface area contributed by atoms with Crippen LogP contribution in [0.2, 0.25) is 0 Å². The van der Waals surface area contributed by atoms with E-state index in [2.05, 4.69) is 10.2 Å². The lowest BCUT2D eigenvalue weighted by molar-refractivity contribution is -0.140. The summed E-state index contributed by atoms with van der Waals surface area (Å²) in [5.41, 5.74) is 1.05. The lowest BCUT2D eigenvalue weighted by Gasteiger charge is -2.39. The number of hydrogen-bond donors (Lipinski definition) is 1. The molecule has 0 aromatic heterocycles. The maximum absolute atomic E-state index is 13.3. The summed E-state index contributed by atoms with van der Waals surface area (Å²) in [7, 11) is 3.24. The normalized spacial score (nSPS) is 25.4. The fourth-order valence-corrected chi connectivity index (χ4v) is 5.37. The van der Waals surface area contributed by atoms with E-state index in [1.165, 1.54) is 12.8 Å². The van der Waals surface area contributed by atoms with Crippen LogP contribution in [0.25, 0.3) is 0 Å².